The number of nitrogens with zero attached hydrogens (tertiary/aromatic N) is 1. The highest BCUT2D eigenvalue weighted by Gasteiger charge is 2.42. The third-order valence-electron chi connectivity index (χ3n) is 8.38. The zero-order valence-electron chi connectivity index (χ0n) is 20.8. The first kappa shape index (κ1) is 22.4. The minimum absolute atomic E-state index is 0.0248. The molecule has 35 heavy (non-hydrogen) atoms. The Bertz CT molecular complexity index is 1280. The van der Waals surface area contributed by atoms with Crippen LogP contribution in [0.15, 0.2) is 54.6 Å². The van der Waals surface area contributed by atoms with Gasteiger partial charge >= 0.3 is 6.09 Å². The molecular formula is C30H34N2O3. The molecule has 1 N–H and O–H groups in total. The number of nitrogens with one attached hydrogen (secondary N) is 1. The van der Waals surface area contributed by atoms with E-state index in [1.54, 1.807) is 7.11 Å². The quantitative estimate of drug-likeness (QED) is 0.511. The molecule has 7 rings (SSSR count). The fourth-order valence-corrected chi connectivity index (χ4v) is 6.37. The smallest absolute Gasteiger partial charge is 0.407 e. The van der Waals surface area contributed by atoms with Crippen LogP contribution in [0.3, 0.4) is 0 Å². The highest BCUT2D eigenvalue weighted by molar-refractivity contribution is 5.88. The molecule has 2 bridgehead atoms. The second-order valence-electron chi connectivity index (χ2n) is 11.2. The predicted molar refractivity (Wildman–Crippen MR) is 139 cm³/mol. The SMILES string of the molecule is COc1ccc2cc(-c3ccc4c(c3)CC(C)(C)C4NC(=O)O[C@H]3CN4CCC3CC4)ccc2c1. The van der Waals surface area contributed by atoms with Crippen LogP contribution in [0.25, 0.3) is 21.9 Å². The first-order chi connectivity index (χ1) is 16.9. The normalized spacial score (nSPS) is 26.4. The molecule has 4 aliphatic rings. The number of benzene rings is 3. The molecule has 1 unspecified atom stereocenters. The van der Waals surface area contributed by atoms with E-state index in [9.17, 15) is 4.79 Å². The predicted octanol–water partition coefficient (Wildman–Crippen LogP) is 5.96. The van der Waals surface area contributed by atoms with E-state index in [-0.39, 0.29) is 23.7 Å². The van der Waals surface area contributed by atoms with E-state index < -0.39 is 0 Å². The molecule has 3 saturated heterocycles. The average Bonchev–Trinajstić information content (AvgIpc) is 3.12. The van der Waals surface area contributed by atoms with Gasteiger partial charge in [-0.3, -0.25) is 4.90 Å². The summed E-state index contributed by atoms with van der Waals surface area (Å²) in [5.74, 6) is 1.39. The zero-order valence-corrected chi connectivity index (χ0v) is 20.8. The van der Waals surface area contributed by atoms with Crippen LogP contribution in [0.5, 0.6) is 5.75 Å². The van der Waals surface area contributed by atoms with Gasteiger partial charge in [0.2, 0.25) is 0 Å². The van der Waals surface area contributed by atoms with Gasteiger partial charge in [-0.1, -0.05) is 50.2 Å². The monoisotopic (exact) mass is 470 g/mol. The fraction of sp³-hybridized carbons (Fsp3) is 0.433. The summed E-state index contributed by atoms with van der Waals surface area (Å²) in [7, 11) is 1.70. The van der Waals surface area contributed by atoms with Crippen LogP contribution in [0.1, 0.15) is 43.9 Å². The summed E-state index contributed by atoms with van der Waals surface area (Å²) in [6.07, 6.45) is 2.95. The summed E-state index contributed by atoms with van der Waals surface area (Å²) >= 11 is 0. The van der Waals surface area contributed by atoms with Crippen molar-refractivity contribution in [2.45, 2.75) is 45.3 Å². The number of carbonyl (C=O) groups is 1. The topological polar surface area (TPSA) is 50.8 Å². The number of ether oxygens (including phenoxy) is 2. The van der Waals surface area contributed by atoms with Gasteiger partial charge in [-0.05, 0) is 94.9 Å². The maximum atomic E-state index is 12.9. The lowest BCUT2D eigenvalue weighted by atomic mass is 9.85. The average molecular weight is 471 g/mol. The molecule has 3 aliphatic heterocycles. The molecule has 0 saturated carbocycles. The summed E-state index contributed by atoms with van der Waals surface area (Å²) in [6, 6.07) is 19.3. The lowest BCUT2D eigenvalue weighted by Crippen LogP contribution is -2.53. The lowest BCUT2D eigenvalue weighted by molar-refractivity contribution is -0.0348. The van der Waals surface area contributed by atoms with Crippen molar-refractivity contribution in [3.8, 4) is 16.9 Å². The van der Waals surface area contributed by atoms with Crippen molar-refractivity contribution in [2.24, 2.45) is 11.3 Å². The second-order valence-corrected chi connectivity index (χ2v) is 11.2. The van der Waals surface area contributed by atoms with Gasteiger partial charge in [0, 0.05) is 6.54 Å². The maximum absolute atomic E-state index is 12.9. The lowest BCUT2D eigenvalue weighted by Gasteiger charge is -2.44. The van der Waals surface area contributed by atoms with Crippen molar-refractivity contribution in [1.82, 2.24) is 10.2 Å². The zero-order chi connectivity index (χ0) is 24.2. The van der Waals surface area contributed by atoms with E-state index in [1.807, 2.05) is 6.07 Å². The van der Waals surface area contributed by atoms with E-state index in [1.165, 1.54) is 33.0 Å². The van der Waals surface area contributed by atoms with Gasteiger partial charge in [-0.2, -0.15) is 0 Å². The Morgan fingerprint density at radius 1 is 0.971 bits per heavy atom. The Labute approximate surface area is 207 Å². The van der Waals surface area contributed by atoms with Crippen molar-refractivity contribution >= 4 is 16.9 Å². The van der Waals surface area contributed by atoms with Gasteiger partial charge in [0.05, 0.1) is 13.2 Å². The van der Waals surface area contributed by atoms with E-state index in [0.29, 0.717) is 5.92 Å². The number of hydrogen-bond acceptors (Lipinski definition) is 4. The number of fused-ring (bicyclic) bond motifs is 5. The highest BCUT2D eigenvalue weighted by atomic mass is 16.6. The molecular weight excluding hydrogens is 436 g/mol. The number of piperidine rings is 3. The summed E-state index contributed by atoms with van der Waals surface area (Å²) < 4.78 is 11.3. The molecule has 0 radical (unpaired) electrons. The molecule has 0 aromatic heterocycles. The van der Waals surface area contributed by atoms with Crippen LogP contribution in [-0.4, -0.2) is 43.8 Å². The van der Waals surface area contributed by atoms with Crippen molar-refractivity contribution in [2.75, 3.05) is 26.7 Å². The molecule has 1 aliphatic carbocycles. The number of methoxy groups -OCH3 is 1. The molecule has 3 aromatic rings. The molecule has 182 valence electrons. The minimum atomic E-state index is -0.274. The van der Waals surface area contributed by atoms with Gasteiger partial charge in [0.15, 0.2) is 0 Å². The Balaban J connectivity index is 1.21. The van der Waals surface area contributed by atoms with Crippen LogP contribution < -0.4 is 10.1 Å². The Hall–Kier alpha value is -3.05. The van der Waals surface area contributed by atoms with Crippen molar-refractivity contribution in [1.29, 1.82) is 0 Å². The molecule has 3 heterocycles. The Kier molecular flexibility index (Phi) is 5.48. The molecule has 3 fully saturated rings. The number of alkyl carbamates (subject to hydrolysis) is 1. The maximum Gasteiger partial charge on any atom is 0.407 e. The third-order valence-corrected chi connectivity index (χ3v) is 8.38. The van der Waals surface area contributed by atoms with E-state index in [2.05, 4.69) is 72.6 Å². The minimum Gasteiger partial charge on any atom is -0.497 e. The summed E-state index contributed by atoms with van der Waals surface area (Å²) in [5, 5.41) is 5.60. The van der Waals surface area contributed by atoms with Gasteiger partial charge in [0.25, 0.3) is 0 Å². The number of carbonyl (C=O) groups excluding carboxylic acids is 1. The summed E-state index contributed by atoms with van der Waals surface area (Å²) in [4.78, 5) is 15.4. The Morgan fingerprint density at radius 2 is 1.69 bits per heavy atom. The number of hydrogen-bond donors (Lipinski definition) is 1. The molecule has 5 heteroatoms. The van der Waals surface area contributed by atoms with E-state index >= 15 is 0 Å². The Morgan fingerprint density at radius 3 is 2.43 bits per heavy atom. The van der Waals surface area contributed by atoms with Crippen LogP contribution in [-0.2, 0) is 11.2 Å². The number of amides is 1. The molecule has 0 spiro atoms. The third kappa shape index (κ3) is 4.16. The van der Waals surface area contributed by atoms with Crippen LogP contribution in [0.4, 0.5) is 4.79 Å². The first-order valence-corrected chi connectivity index (χ1v) is 12.8. The van der Waals surface area contributed by atoms with E-state index in [0.717, 1.165) is 44.6 Å². The van der Waals surface area contributed by atoms with Crippen LogP contribution in [0.2, 0.25) is 0 Å². The highest BCUT2D eigenvalue weighted by Crippen LogP contribution is 2.46. The van der Waals surface area contributed by atoms with Gasteiger partial charge in [-0.15, -0.1) is 0 Å². The van der Waals surface area contributed by atoms with Crippen molar-refractivity contribution in [3.05, 3.63) is 65.7 Å². The molecule has 1 amide bonds. The van der Waals surface area contributed by atoms with Gasteiger partial charge in [0.1, 0.15) is 11.9 Å². The van der Waals surface area contributed by atoms with Crippen LogP contribution >= 0.6 is 0 Å². The molecule has 3 aromatic carbocycles. The van der Waals surface area contributed by atoms with E-state index in [4.69, 9.17) is 9.47 Å². The molecule has 2 atom stereocenters. The van der Waals surface area contributed by atoms with Gasteiger partial charge in [-0.25, -0.2) is 4.79 Å². The summed E-state index contributed by atoms with van der Waals surface area (Å²) in [6.45, 7) is 7.63. The number of rotatable bonds is 4. The molecule has 5 nitrogen and oxygen atoms in total. The first-order valence-electron chi connectivity index (χ1n) is 12.8. The van der Waals surface area contributed by atoms with Gasteiger partial charge < -0.3 is 14.8 Å². The fourth-order valence-electron chi connectivity index (χ4n) is 6.37. The van der Waals surface area contributed by atoms with Crippen molar-refractivity contribution in [3.63, 3.8) is 0 Å². The summed E-state index contributed by atoms with van der Waals surface area (Å²) in [5.41, 5.74) is 4.83. The van der Waals surface area contributed by atoms with Crippen LogP contribution in [0, 0.1) is 11.3 Å². The van der Waals surface area contributed by atoms with Crippen molar-refractivity contribution < 1.29 is 14.3 Å². The largest absolute Gasteiger partial charge is 0.497 e. The second kappa shape index (κ2) is 8.56. The standard InChI is InChI=1S/C30H34N2O3/c1-30(2)17-24-15-22(20-4-5-23-16-25(34-3)8-6-21(23)14-20)7-9-26(24)28(30)31-29(33)35-27-18-32-12-10-19(27)11-13-32/h4-9,14-16,19,27-28H,10-13,17-18H2,1-3H3,(H,31,33)/t27-,28?/m0/s1.